The maximum absolute atomic E-state index is 14.5. The van der Waals surface area contributed by atoms with Crippen molar-refractivity contribution in [3.63, 3.8) is 0 Å². The average molecular weight is 799 g/mol. The minimum Gasteiger partial charge on any atom is -0.469 e. The fourth-order valence-electron chi connectivity index (χ4n) is 6.52. The number of aromatic amines is 2. The molecule has 304 valence electrons. The molecule has 0 unspecified atom stereocenters. The Morgan fingerprint density at radius 3 is 1.57 bits per heavy atom. The van der Waals surface area contributed by atoms with Gasteiger partial charge in [-0.2, -0.15) is 30.1 Å². The first kappa shape index (κ1) is 39.4. The van der Waals surface area contributed by atoms with Crippen LogP contribution in [-0.4, -0.2) is 122 Å². The van der Waals surface area contributed by atoms with Gasteiger partial charge >= 0.3 is 0 Å². The number of nitrogens with one attached hydrogen (secondary N) is 4. The number of nitrogens with zero attached hydrogens (tertiary/aromatic N) is 10. The predicted molar refractivity (Wildman–Crippen MR) is 212 cm³/mol. The molecule has 2 aliphatic rings. The number of halogens is 2. The smallest absolute Gasteiger partial charge is 0.246 e. The van der Waals surface area contributed by atoms with Gasteiger partial charge < -0.3 is 39.9 Å². The normalized spacial score (nSPS) is 19.3. The summed E-state index contributed by atoms with van der Waals surface area (Å²) in [5, 5.41) is 15.9. The van der Waals surface area contributed by atoms with E-state index in [-0.39, 0.29) is 49.5 Å². The highest BCUT2D eigenvalue weighted by molar-refractivity contribution is 5.88. The van der Waals surface area contributed by atoms with Gasteiger partial charge in [0.15, 0.2) is 0 Å². The largest absolute Gasteiger partial charge is 0.469 e. The van der Waals surface area contributed by atoms with E-state index in [4.69, 9.17) is 9.47 Å². The molecular formula is C38H44F2N14O4. The maximum atomic E-state index is 14.5. The lowest BCUT2D eigenvalue weighted by Crippen LogP contribution is -2.49. The van der Waals surface area contributed by atoms with Crippen molar-refractivity contribution >= 4 is 57.2 Å². The lowest BCUT2D eigenvalue weighted by atomic mass is 10.1. The summed E-state index contributed by atoms with van der Waals surface area (Å²) in [7, 11) is 0. The number of piperidine rings is 2. The molecule has 8 rings (SSSR count). The van der Waals surface area contributed by atoms with Crippen molar-refractivity contribution in [1.82, 2.24) is 59.3 Å². The maximum Gasteiger partial charge on any atom is 0.246 e. The number of H-pyrrole nitrogens is 2. The van der Waals surface area contributed by atoms with Crippen molar-refractivity contribution in [2.45, 2.75) is 64.3 Å². The molecule has 0 saturated carbocycles. The summed E-state index contributed by atoms with van der Waals surface area (Å²) in [5.41, 5.74) is 2.58. The van der Waals surface area contributed by atoms with Gasteiger partial charge in [0.1, 0.15) is 35.8 Å². The van der Waals surface area contributed by atoms with Gasteiger partial charge in [-0.05, 0) is 51.0 Å². The molecule has 2 saturated heterocycles. The zero-order valence-corrected chi connectivity index (χ0v) is 32.0. The number of hydrogen-bond donors (Lipinski definition) is 4. The molecule has 0 aromatic carbocycles. The fourth-order valence-corrected chi connectivity index (χ4v) is 6.52. The lowest BCUT2D eigenvalue weighted by molar-refractivity contribution is -0.130. The van der Waals surface area contributed by atoms with Crippen LogP contribution >= 0.6 is 0 Å². The Kier molecular flexibility index (Phi) is 11.9. The second-order valence-corrected chi connectivity index (χ2v) is 13.5. The molecule has 4 N–H and O–H groups in total. The van der Waals surface area contributed by atoms with E-state index in [2.05, 4.69) is 63.9 Å². The lowest BCUT2D eigenvalue weighted by Gasteiger charge is -2.34. The molecule has 8 heterocycles. The number of amides is 2. The highest BCUT2D eigenvalue weighted by Gasteiger charge is 2.34. The molecule has 2 aliphatic heterocycles. The SMILES string of the molecule is C=CC(=O)N1CC[C@@H](F)[C@H](Oc2nc(Nc3cnn(CC)c3)nc3[nH]ccc23)C1.C=CC(=O)N1CC[C@H](F)[C@@H](Oc2nc(Nc3cnn(CC)c3)nc3[nH]ccc23)C1. The predicted octanol–water partition coefficient (Wildman–Crippen LogP) is 4.84. The number of alkyl halides is 2. The summed E-state index contributed by atoms with van der Waals surface area (Å²) in [4.78, 5) is 50.6. The molecule has 18 nitrogen and oxygen atoms in total. The van der Waals surface area contributed by atoms with E-state index in [1.54, 1.807) is 46.3 Å². The van der Waals surface area contributed by atoms with E-state index in [9.17, 15) is 18.4 Å². The Balaban J connectivity index is 0.000000177. The zero-order valence-electron chi connectivity index (χ0n) is 32.0. The summed E-state index contributed by atoms with van der Waals surface area (Å²) in [6.07, 6.45) is 9.24. The molecular weight excluding hydrogens is 755 g/mol. The molecule has 4 atom stereocenters. The molecule has 2 fully saturated rings. The number of hydrogen-bond acceptors (Lipinski definition) is 12. The summed E-state index contributed by atoms with van der Waals surface area (Å²) in [6, 6.07) is 3.54. The molecule has 0 spiro atoms. The second-order valence-electron chi connectivity index (χ2n) is 13.5. The van der Waals surface area contributed by atoms with Gasteiger partial charge in [0.05, 0.1) is 47.6 Å². The third-order valence-electron chi connectivity index (χ3n) is 9.64. The van der Waals surface area contributed by atoms with E-state index in [1.807, 2.05) is 26.2 Å². The zero-order chi connectivity index (χ0) is 40.8. The molecule has 0 aliphatic carbocycles. The number of carbonyl (C=O) groups is 2. The number of aryl methyl sites for hydroxylation is 2. The Hall–Kier alpha value is -6.86. The van der Waals surface area contributed by atoms with Crippen molar-refractivity contribution in [2.75, 3.05) is 36.8 Å². The van der Waals surface area contributed by atoms with E-state index >= 15 is 0 Å². The van der Waals surface area contributed by atoms with Gasteiger partial charge in [-0.1, -0.05) is 13.2 Å². The molecule has 0 bridgehead atoms. The number of carbonyl (C=O) groups excluding carboxylic acids is 2. The first-order chi connectivity index (χ1) is 28.1. The van der Waals surface area contributed by atoms with E-state index in [0.29, 0.717) is 47.1 Å². The number of aromatic nitrogens is 10. The van der Waals surface area contributed by atoms with Crippen LogP contribution in [0.4, 0.5) is 32.1 Å². The Bertz CT molecular complexity index is 2230. The number of likely N-dealkylation sites (tertiary alicyclic amines) is 2. The number of anilines is 4. The highest BCUT2D eigenvalue weighted by atomic mass is 19.1. The Morgan fingerprint density at radius 2 is 1.19 bits per heavy atom. The molecule has 58 heavy (non-hydrogen) atoms. The third kappa shape index (κ3) is 8.90. The molecule has 6 aromatic rings. The number of rotatable bonds is 12. The van der Waals surface area contributed by atoms with E-state index < -0.39 is 24.6 Å². The van der Waals surface area contributed by atoms with Crippen LogP contribution in [-0.2, 0) is 22.7 Å². The standard InChI is InChI=1S/2C19H22FN7O2/c2*1-3-16(28)26-8-6-14(20)15(11-26)29-18-13-5-7-21-17(13)24-19(25-18)23-12-9-22-27(4-2)10-12/h2*3,5,7,9-10,14-15H,1,4,6,8,11H2,2H3,(H2,21,23,24,25)/t2*14-,15-/m10/s1. The fraction of sp³-hybridized carbons (Fsp3) is 0.368. The third-order valence-corrected chi connectivity index (χ3v) is 9.64. The summed E-state index contributed by atoms with van der Waals surface area (Å²) >= 11 is 0. The van der Waals surface area contributed by atoms with Gasteiger partial charge in [0.25, 0.3) is 0 Å². The van der Waals surface area contributed by atoms with Crippen molar-refractivity contribution in [1.29, 1.82) is 0 Å². The van der Waals surface area contributed by atoms with Gasteiger partial charge in [-0.3, -0.25) is 19.0 Å². The van der Waals surface area contributed by atoms with Crippen LogP contribution in [0.5, 0.6) is 11.8 Å². The van der Waals surface area contributed by atoms with E-state index in [1.165, 1.54) is 22.0 Å². The summed E-state index contributed by atoms with van der Waals surface area (Å²) < 4.78 is 44.5. The average Bonchev–Trinajstić information content (AvgIpc) is 4.07. The quantitative estimate of drug-likeness (QED) is 0.123. The topological polar surface area (TPSA) is 202 Å². The Morgan fingerprint density at radius 1 is 0.759 bits per heavy atom. The van der Waals surface area contributed by atoms with Crippen molar-refractivity contribution in [2.24, 2.45) is 0 Å². The number of ether oxygens (including phenoxy) is 2. The van der Waals surface area contributed by atoms with Gasteiger partial charge in [-0.15, -0.1) is 0 Å². The molecule has 20 heteroatoms. The van der Waals surface area contributed by atoms with Crippen LogP contribution in [0.3, 0.4) is 0 Å². The summed E-state index contributed by atoms with van der Waals surface area (Å²) in [5.74, 6) is 0.626. The van der Waals surface area contributed by atoms with Crippen LogP contribution in [0.15, 0.2) is 74.6 Å². The summed E-state index contributed by atoms with van der Waals surface area (Å²) in [6.45, 7) is 13.4. The molecule has 2 amide bonds. The first-order valence-electron chi connectivity index (χ1n) is 18.9. The van der Waals surface area contributed by atoms with Crippen LogP contribution in [0.2, 0.25) is 0 Å². The van der Waals surface area contributed by atoms with Crippen LogP contribution in [0, 0.1) is 0 Å². The van der Waals surface area contributed by atoms with Crippen LogP contribution in [0.25, 0.3) is 22.1 Å². The van der Waals surface area contributed by atoms with Crippen LogP contribution in [0.1, 0.15) is 26.7 Å². The highest BCUT2D eigenvalue weighted by Crippen LogP contribution is 2.30. The first-order valence-corrected chi connectivity index (χ1v) is 18.9. The molecule has 6 aromatic heterocycles. The van der Waals surface area contributed by atoms with Crippen molar-refractivity contribution in [3.05, 3.63) is 74.6 Å². The van der Waals surface area contributed by atoms with Crippen molar-refractivity contribution < 1.29 is 27.8 Å². The van der Waals surface area contributed by atoms with Crippen molar-refractivity contribution in [3.8, 4) is 11.8 Å². The van der Waals surface area contributed by atoms with Gasteiger partial charge in [0.2, 0.25) is 35.5 Å². The number of fused-ring (bicyclic) bond motifs is 2. The van der Waals surface area contributed by atoms with E-state index in [0.717, 1.165) is 24.5 Å². The van der Waals surface area contributed by atoms with Crippen LogP contribution < -0.4 is 20.1 Å². The molecule has 0 radical (unpaired) electrons. The van der Waals surface area contributed by atoms with Gasteiger partial charge in [-0.25, -0.2) is 8.78 Å². The Labute approximate surface area is 331 Å². The minimum atomic E-state index is -1.20. The van der Waals surface area contributed by atoms with Gasteiger partial charge in [0, 0.05) is 51.0 Å². The second kappa shape index (κ2) is 17.5. The minimum absolute atomic E-state index is 0.133. The monoisotopic (exact) mass is 798 g/mol.